The highest BCUT2D eigenvalue weighted by molar-refractivity contribution is 5.95. The number of anilines is 9. The maximum atomic E-state index is 2.70. The molecular weight excluding hydrogens is 1200 g/mol. The Bertz CT molecular complexity index is 5030. The van der Waals surface area contributed by atoms with E-state index in [9.17, 15) is 0 Å². The van der Waals surface area contributed by atoms with Crippen LogP contribution in [0.1, 0.15) is 55.9 Å². The minimum absolute atomic E-state index is 0.0498. The fourth-order valence-corrected chi connectivity index (χ4v) is 16.0. The Labute approximate surface area is 582 Å². The number of allylic oxidation sites excluding steroid dienone is 4. The molecule has 0 saturated heterocycles. The minimum atomic E-state index is -0.351. The second-order valence-corrected chi connectivity index (χ2v) is 27.7. The van der Waals surface area contributed by atoms with E-state index in [1.54, 1.807) is 0 Å². The quantitative estimate of drug-likeness (QED) is 0.101. The van der Waals surface area contributed by atoms with Crippen LogP contribution in [-0.2, 0) is 10.8 Å². The lowest BCUT2D eigenvalue weighted by atomic mass is 9.70. The van der Waals surface area contributed by atoms with Crippen LogP contribution in [0, 0.1) is 5.92 Å². The van der Waals surface area contributed by atoms with Crippen LogP contribution in [0.25, 0.3) is 72.3 Å². The van der Waals surface area contributed by atoms with Gasteiger partial charge in [-0.3, -0.25) is 0 Å². The van der Waals surface area contributed by atoms with Crippen molar-refractivity contribution in [1.82, 2.24) is 0 Å². The predicted molar refractivity (Wildman–Crippen MR) is 418 cm³/mol. The third-order valence-electron chi connectivity index (χ3n) is 21.1. The molecule has 0 aliphatic heterocycles. The second-order valence-electron chi connectivity index (χ2n) is 27.7. The van der Waals surface area contributed by atoms with Crippen molar-refractivity contribution in [1.29, 1.82) is 0 Å². The van der Waals surface area contributed by atoms with Crippen molar-refractivity contribution < 1.29 is 0 Å². The molecule has 3 nitrogen and oxygen atoms in total. The summed E-state index contributed by atoms with van der Waals surface area (Å²) in [6.45, 7) is 9.94. The molecule has 0 amide bonds. The molecule has 0 heterocycles. The van der Waals surface area contributed by atoms with Gasteiger partial charge in [0.25, 0.3) is 0 Å². The molecular formula is C96H75N3. The largest absolute Gasteiger partial charge is 0.310 e. The first-order valence-electron chi connectivity index (χ1n) is 34.7. The first kappa shape index (κ1) is 60.6. The van der Waals surface area contributed by atoms with E-state index < -0.39 is 0 Å². The number of hydrogen-bond acceptors (Lipinski definition) is 3. The lowest BCUT2D eigenvalue weighted by Gasteiger charge is -2.36. The molecule has 14 aromatic carbocycles. The third kappa shape index (κ3) is 11.2. The van der Waals surface area contributed by atoms with E-state index in [4.69, 9.17) is 0 Å². The average Bonchev–Trinajstić information content (AvgIpc) is 1.54. The van der Waals surface area contributed by atoms with E-state index in [0.717, 1.165) is 51.2 Å². The molecule has 17 rings (SSSR count). The van der Waals surface area contributed by atoms with E-state index in [2.05, 4.69) is 412 Å². The highest BCUT2D eigenvalue weighted by Gasteiger charge is 2.52. The molecule has 3 aliphatic rings. The van der Waals surface area contributed by atoms with Crippen LogP contribution < -0.4 is 14.7 Å². The Morgan fingerprint density at radius 2 is 0.535 bits per heavy atom. The zero-order valence-corrected chi connectivity index (χ0v) is 56.2. The number of fused-ring (bicyclic) bond motifs is 6. The van der Waals surface area contributed by atoms with Crippen LogP contribution in [0.3, 0.4) is 0 Å². The van der Waals surface area contributed by atoms with E-state index >= 15 is 0 Å². The van der Waals surface area contributed by atoms with Crippen molar-refractivity contribution >= 4 is 56.8 Å². The Balaban J connectivity index is 0.843. The number of rotatable bonds is 15. The molecule has 0 aromatic heterocycles. The molecule has 0 fully saturated rings. The molecule has 0 saturated carbocycles. The Kier molecular flexibility index (Phi) is 15.4. The van der Waals surface area contributed by atoms with E-state index in [-0.39, 0.29) is 22.7 Å². The summed E-state index contributed by atoms with van der Waals surface area (Å²) in [5.74, 6) is 0.171. The lowest BCUT2D eigenvalue weighted by molar-refractivity contribution is 0.393. The molecule has 474 valence electrons. The normalized spacial score (nSPS) is 15.2. The highest BCUT2D eigenvalue weighted by atomic mass is 15.2. The summed E-state index contributed by atoms with van der Waals surface area (Å²) < 4.78 is 0. The van der Waals surface area contributed by atoms with Gasteiger partial charge in [0.2, 0.25) is 0 Å². The molecule has 99 heavy (non-hydrogen) atoms. The molecule has 3 aliphatic carbocycles. The van der Waals surface area contributed by atoms with Crippen molar-refractivity contribution in [3.8, 4) is 66.8 Å². The first-order valence-corrected chi connectivity index (χ1v) is 34.7. The summed E-state index contributed by atoms with van der Waals surface area (Å²) in [5.41, 5.74) is 31.6. The van der Waals surface area contributed by atoms with Crippen molar-refractivity contribution in [2.45, 2.75) is 44.4 Å². The lowest BCUT2D eigenvalue weighted by Crippen LogP contribution is -2.28. The monoisotopic (exact) mass is 1270 g/mol. The van der Waals surface area contributed by atoms with Crippen LogP contribution >= 0.6 is 0 Å². The topological polar surface area (TPSA) is 9.72 Å². The second kappa shape index (κ2) is 25.2. The van der Waals surface area contributed by atoms with E-state index in [1.807, 2.05) is 0 Å². The van der Waals surface area contributed by atoms with Gasteiger partial charge in [-0.1, -0.05) is 301 Å². The van der Waals surface area contributed by atoms with Crippen LogP contribution in [0.4, 0.5) is 51.2 Å². The standard InChI is InChI=1S/C96H75N3/c1-95(2)90-62-84(97(78-47-35-72(36-48-78)66-23-11-5-12-24-66)79-49-37-73(38-50-79)67-25-13-6-14-26-67)59-60-86(90)87-64-92-88(65-91(87)95)89-61-85(98(80-51-39-74(40-52-80)68-27-15-7-16-28-68)81-53-41-75(42-54-81)69-29-17-8-18-30-69)63-93(94(89)96(92,3)4)99(82-55-43-76(44-56-82)70-31-19-9-20-32-70)83-57-45-77(46-58-83)71-33-21-10-22-34-71/h5-65,88,92H,1-4H3/t88-,92?/m1/s1. The van der Waals surface area contributed by atoms with Crippen LogP contribution in [-0.4, -0.2) is 0 Å². The zero-order valence-electron chi connectivity index (χ0n) is 56.2. The van der Waals surface area contributed by atoms with Crippen molar-refractivity contribution in [3.05, 3.63) is 398 Å². The van der Waals surface area contributed by atoms with Gasteiger partial charge in [-0.05, 0) is 209 Å². The Morgan fingerprint density at radius 1 is 0.253 bits per heavy atom. The molecule has 0 radical (unpaired) electrons. The van der Waals surface area contributed by atoms with Crippen molar-refractivity contribution in [2.75, 3.05) is 14.7 Å². The zero-order chi connectivity index (χ0) is 66.6. The predicted octanol–water partition coefficient (Wildman–Crippen LogP) is 26.4. The van der Waals surface area contributed by atoms with Crippen LogP contribution in [0.5, 0.6) is 0 Å². The van der Waals surface area contributed by atoms with Crippen LogP contribution in [0.2, 0.25) is 0 Å². The van der Waals surface area contributed by atoms with E-state index in [1.165, 1.54) is 100 Å². The molecule has 14 aromatic rings. The number of nitrogens with zero attached hydrogens (tertiary/aromatic N) is 3. The maximum Gasteiger partial charge on any atom is 0.0523 e. The van der Waals surface area contributed by atoms with Crippen LogP contribution in [0.15, 0.2) is 376 Å². The molecule has 3 heteroatoms. The Morgan fingerprint density at radius 3 is 0.859 bits per heavy atom. The number of benzene rings is 14. The molecule has 0 N–H and O–H groups in total. The van der Waals surface area contributed by atoms with Gasteiger partial charge in [-0.25, -0.2) is 0 Å². The molecule has 2 atom stereocenters. The summed E-state index contributed by atoms with van der Waals surface area (Å²) in [4.78, 5) is 7.49. The third-order valence-corrected chi connectivity index (χ3v) is 21.1. The van der Waals surface area contributed by atoms with Crippen molar-refractivity contribution in [3.63, 3.8) is 0 Å². The van der Waals surface area contributed by atoms with Gasteiger partial charge >= 0.3 is 0 Å². The van der Waals surface area contributed by atoms with Gasteiger partial charge in [-0.15, -0.1) is 0 Å². The summed E-state index contributed by atoms with van der Waals surface area (Å²) in [7, 11) is 0. The van der Waals surface area contributed by atoms with Gasteiger partial charge < -0.3 is 14.7 Å². The van der Waals surface area contributed by atoms with Gasteiger partial charge in [0.15, 0.2) is 0 Å². The molecule has 0 spiro atoms. The molecule has 1 unspecified atom stereocenters. The summed E-state index contributed by atoms with van der Waals surface area (Å²) in [6.07, 6.45) is 5.39. The fourth-order valence-electron chi connectivity index (χ4n) is 16.0. The van der Waals surface area contributed by atoms with E-state index in [0.29, 0.717) is 0 Å². The maximum absolute atomic E-state index is 2.70. The van der Waals surface area contributed by atoms with Gasteiger partial charge in [0, 0.05) is 56.8 Å². The Hall–Kier alpha value is -12.0. The van der Waals surface area contributed by atoms with Gasteiger partial charge in [0.05, 0.1) is 5.69 Å². The summed E-state index contributed by atoms with van der Waals surface area (Å²) >= 11 is 0. The van der Waals surface area contributed by atoms with Gasteiger partial charge in [-0.2, -0.15) is 0 Å². The number of hydrogen-bond donors (Lipinski definition) is 0. The molecule has 0 bridgehead atoms. The summed E-state index contributed by atoms with van der Waals surface area (Å²) in [6, 6.07) is 132. The van der Waals surface area contributed by atoms with Crippen molar-refractivity contribution in [2.24, 2.45) is 5.92 Å². The summed E-state index contributed by atoms with van der Waals surface area (Å²) in [5, 5.41) is 0. The SMILES string of the molecule is CC1(C)C2=C[C@@H]3c4cc(N(c5ccc(-c6ccccc6)cc5)c5ccc(-c6ccccc6)cc5)cc(N(c5ccc(-c6ccccc6)cc5)c5ccc(-c6ccccc6)cc5)c4C(C)(C)C3C=C2c2ccc(N(c3ccc(-c4ccccc4)cc3)c3ccc(-c4ccccc4)cc3)cc21. The minimum Gasteiger partial charge on any atom is -0.310 e. The smallest absolute Gasteiger partial charge is 0.0523 e. The van der Waals surface area contributed by atoms with Gasteiger partial charge in [0.1, 0.15) is 0 Å². The first-order chi connectivity index (χ1) is 48.6. The fraction of sp³-hybridized carbons (Fsp3) is 0.0833. The highest BCUT2D eigenvalue weighted by Crippen LogP contribution is 2.64. The average molecular weight is 1270 g/mol.